The number of primary amides is 1. The number of β-amino-alcohol motifs (C(OH)–C–C–N with tert-alkyl or cyclic N) is 1. The molecule has 0 saturated carbocycles. The summed E-state index contributed by atoms with van der Waals surface area (Å²) in [7, 11) is -3.97. The van der Waals surface area contributed by atoms with E-state index in [0.717, 1.165) is 4.31 Å². The second-order valence-electron chi connectivity index (χ2n) is 4.57. The summed E-state index contributed by atoms with van der Waals surface area (Å²) in [4.78, 5) is 11.3. The Kier molecular flexibility index (Phi) is 4.05. The summed E-state index contributed by atoms with van der Waals surface area (Å²) in [6.45, 7) is -0.169. The van der Waals surface area contributed by atoms with E-state index in [2.05, 4.69) is 15.9 Å². The van der Waals surface area contributed by atoms with Gasteiger partial charge >= 0.3 is 0 Å². The maximum absolute atomic E-state index is 12.6. The molecular weight excluding hydrogens is 350 g/mol. The van der Waals surface area contributed by atoms with Crippen LogP contribution in [0.5, 0.6) is 0 Å². The third kappa shape index (κ3) is 2.66. The number of aliphatic hydroxyl groups is 1. The number of aliphatic hydroxyl groups excluding tert-OH is 1. The predicted molar refractivity (Wildman–Crippen MR) is 76.1 cm³/mol. The number of hydrogen-bond donors (Lipinski definition) is 3. The normalized spacial score (nSPS) is 23.9. The molecule has 9 heteroatoms. The lowest BCUT2D eigenvalue weighted by molar-refractivity contribution is -0.121. The fraction of sp³-hybridized carbons (Fsp3) is 0.364. The van der Waals surface area contributed by atoms with Gasteiger partial charge in [0.1, 0.15) is 6.04 Å². The fourth-order valence-corrected chi connectivity index (χ4v) is 4.76. The first-order valence-corrected chi connectivity index (χ1v) is 8.01. The highest BCUT2D eigenvalue weighted by molar-refractivity contribution is 9.10. The average molecular weight is 364 g/mol. The van der Waals surface area contributed by atoms with Gasteiger partial charge in [0.15, 0.2) is 0 Å². The minimum atomic E-state index is -3.97. The van der Waals surface area contributed by atoms with Crippen LogP contribution in [0, 0.1) is 0 Å². The van der Waals surface area contributed by atoms with Crippen LogP contribution in [0.4, 0.5) is 5.69 Å². The number of nitrogen functional groups attached to an aromatic ring is 1. The predicted octanol–water partition coefficient (Wildman–Crippen LogP) is -0.359. The van der Waals surface area contributed by atoms with Gasteiger partial charge in [-0.05, 0) is 34.1 Å². The van der Waals surface area contributed by atoms with Crippen molar-refractivity contribution in [2.45, 2.75) is 23.5 Å². The summed E-state index contributed by atoms with van der Waals surface area (Å²) in [5.41, 5.74) is 11.1. The molecule has 110 valence electrons. The molecular formula is C11H14BrN3O4S. The van der Waals surface area contributed by atoms with Gasteiger partial charge < -0.3 is 16.6 Å². The topological polar surface area (TPSA) is 127 Å². The van der Waals surface area contributed by atoms with E-state index in [0.29, 0.717) is 4.47 Å². The number of halogens is 1. The Bertz CT molecular complexity index is 649. The van der Waals surface area contributed by atoms with Crippen molar-refractivity contribution in [3.8, 4) is 0 Å². The molecule has 2 rings (SSSR count). The number of nitrogens with two attached hydrogens (primary N) is 2. The molecule has 1 fully saturated rings. The molecule has 1 heterocycles. The van der Waals surface area contributed by atoms with E-state index in [4.69, 9.17) is 11.5 Å². The number of amides is 1. The van der Waals surface area contributed by atoms with Gasteiger partial charge in [0, 0.05) is 23.1 Å². The second kappa shape index (κ2) is 5.32. The summed E-state index contributed by atoms with van der Waals surface area (Å²) in [5.74, 6) is -0.787. The molecule has 0 spiro atoms. The Labute approximate surface area is 124 Å². The summed E-state index contributed by atoms with van der Waals surface area (Å²) in [6.07, 6.45) is -0.920. The zero-order chi connectivity index (χ0) is 15.1. The van der Waals surface area contributed by atoms with Crippen LogP contribution in [0.15, 0.2) is 27.6 Å². The molecule has 0 bridgehead atoms. The number of carbonyl (C=O) groups is 1. The van der Waals surface area contributed by atoms with Gasteiger partial charge in [0.25, 0.3) is 0 Å². The number of sulfonamides is 1. The van der Waals surface area contributed by atoms with E-state index in [-0.39, 0.29) is 23.5 Å². The minimum absolute atomic E-state index is 0.00546. The van der Waals surface area contributed by atoms with E-state index in [9.17, 15) is 18.3 Å². The van der Waals surface area contributed by atoms with Crippen molar-refractivity contribution in [2.75, 3.05) is 12.3 Å². The van der Waals surface area contributed by atoms with Crippen LogP contribution in [0.1, 0.15) is 6.42 Å². The average Bonchev–Trinajstić information content (AvgIpc) is 2.75. The highest BCUT2D eigenvalue weighted by Gasteiger charge is 2.43. The molecule has 0 aliphatic carbocycles. The second-order valence-corrected chi connectivity index (χ2v) is 7.29. The number of nitrogens with zero attached hydrogens (tertiary/aromatic N) is 1. The van der Waals surface area contributed by atoms with Crippen molar-refractivity contribution < 1.29 is 18.3 Å². The largest absolute Gasteiger partial charge is 0.399 e. The van der Waals surface area contributed by atoms with Crippen LogP contribution >= 0.6 is 15.9 Å². The summed E-state index contributed by atoms with van der Waals surface area (Å²) >= 11 is 3.15. The third-order valence-corrected chi connectivity index (χ3v) is 5.97. The van der Waals surface area contributed by atoms with E-state index in [1.54, 1.807) is 6.07 Å². The highest BCUT2D eigenvalue weighted by atomic mass is 79.9. The first kappa shape index (κ1) is 15.2. The van der Waals surface area contributed by atoms with Crippen molar-refractivity contribution in [2.24, 2.45) is 5.73 Å². The zero-order valence-corrected chi connectivity index (χ0v) is 12.8. The number of rotatable bonds is 3. The van der Waals surface area contributed by atoms with Crippen LogP contribution in [0.3, 0.4) is 0 Å². The molecule has 2 atom stereocenters. The lowest BCUT2D eigenvalue weighted by atomic mass is 10.2. The maximum atomic E-state index is 12.6. The number of carbonyl (C=O) groups excluding carboxylic acids is 1. The molecule has 1 aromatic rings. The Morgan fingerprint density at radius 2 is 2.10 bits per heavy atom. The standard InChI is InChI=1S/C11H14BrN3O4S/c12-8-2-1-6(13)3-10(8)20(18,19)15-5-7(16)4-9(15)11(14)17/h1-3,7,9,16H,4-5,13H2,(H2,14,17). The van der Waals surface area contributed by atoms with Crippen molar-refractivity contribution in [3.05, 3.63) is 22.7 Å². The number of benzene rings is 1. The molecule has 7 nitrogen and oxygen atoms in total. The Hall–Kier alpha value is -1.16. The van der Waals surface area contributed by atoms with Crippen molar-refractivity contribution in [1.82, 2.24) is 4.31 Å². The van der Waals surface area contributed by atoms with Gasteiger partial charge in [-0.15, -0.1) is 0 Å². The number of anilines is 1. The van der Waals surface area contributed by atoms with Crippen molar-refractivity contribution >= 4 is 37.5 Å². The van der Waals surface area contributed by atoms with Gasteiger partial charge in [-0.2, -0.15) is 4.31 Å². The Balaban J connectivity index is 2.49. The van der Waals surface area contributed by atoms with Gasteiger partial charge in [-0.25, -0.2) is 8.42 Å². The monoisotopic (exact) mass is 363 g/mol. The molecule has 20 heavy (non-hydrogen) atoms. The van der Waals surface area contributed by atoms with E-state index < -0.39 is 28.1 Å². The SMILES string of the molecule is NC(=O)C1CC(O)CN1S(=O)(=O)c1cc(N)ccc1Br. The summed E-state index contributed by atoms with van der Waals surface area (Å²) in [6, 6.07) is 3.30. The molecule has 1 aliphatic rings. The molecule has 1 amide bonds. The maximum Gasteiger partial charge on any atom is 0.245 e. The lowest BCUT2D eigenvalue weighted by Gasteiger charge is -2.22. The van der Waals surface area contributed by atoms with Crippen LogP contribution < -0.4 is 11.5 Å². The smallest absolute Gasteiger partial charge is 0.245 e. The van der Waals surface area contributed by atoms with E-state index >= 15 is 0 Å². The molecule has 5 N–H and O–H groups in total. The van der Waals surface area contributed by atoms with Gasteiger partial charge in [0.2, 0.25) is 15.9 Å². The molecule has 2 unspecified atom stereocenters. The van der Waals surface area contributed by atoms with Crippen LogP contribution in [0.2, 0.25) is 0 Å². The van der Waals surface area contributed by atoms with Gasteiger partial charge in [-0.3, -0.25) is 4.79 Å². The van der Waals surface area contributed by atoms with Gasteiger partial charge in [0.05, 0.1) is 11.0 Å². The number of hydrogen-bond acceptors (Lipinski definition) is 5. The van der Waals surface area contributed by atoms with Gasteiger partial charge in [-0.1, -0.05) is 0 Å². The van der Waals surface area contributed by atoms with Crippen LogP contribution in [-0.4, -0.2) is 42.4 Å². The first-order valence-electron chi connectivity index (χ1n) is 5.77. The molecule has 0 radical (unpaired) electrons. The van der Waals surface area contributed by atoms with Crippen molar-refractivity contribution in [3.63, 3.8) is 0 Å². The molecule has 0 aromatic heterocycles. The van der Waals surface area contributed by atoms with Crippen LogP contribution in [-0.2, 0) is 14.8 Å². The fourth-order valence-electron chi connectivity index (χ4n) is 2.15. The van der Waals surface area contributed by atoms with E-state index in [1.807, 2.05) is 0 Å². The van der Waals surface area contributed by atoms with E-state index in [1.165, 1.54) is 12.1 Å². The highest BCUT2D eigenvalue weighted by Crippen LogP contribution is 2.31. The zero-order valence-electron chi connectivity index (χ0n) is 10.4. The van der Waals surface area contributed by atoms with Crippen LogP contribution in [0.25, 0.3) is 0 Å². The third-order valence-electron chi connectivity index (χ3n) is 3.10. The Morgan fingerprint density at radius 1 is 1.45 bits per heavy atom. The summed E-state index contributed by atoms with van der Waals surface area (Å²) in [5, 5.41) is 9.60. The molecule has 1 aliphatic heterocycles. The molecule has 1 aromatic carbocycles. The lowest BCUT2D eigenvalue weighted by Crippen LogP contribution is -2.43. The van der Waals surface area contributed by atoms with Crippen molar-refractivity contribution in [1.29, 1.82) is 0 Å². The first-order chi connectivity index (χ1) is 9.23. The molecule has 1 saturated heterocycles. The minimum Gasteiger partial charge on any atom is -0.399 e. The quantitative estimate of drug-likeness (QED) is 0.632. The Morgan fingerprint density at radius 3 is 2.70 bits per heavy atom. The summed E-state index contributed by atoms with van der Waals surface area (Å²) < 4.78 is 26.4.